The van der Waals surface area contributed by atoms with E-state index in [9.17, 15) is 24.2 Å². The number of methoxy groups -OCH3 is 1. The average molecular weight is 1130 g/mol. The fourth-order valence-electron chi connectivity index (χ4n) is 11.2. The number of thiazole rings is 1. The number of hydrogen-bond acceptors (Lipinski definition) is 16. The Morgan fingerprint density at radius 1 is 1.00 bits per heavy atom. The predicted molar refractivity (Wildman–Crippen MR) is 303 cm³/mol. The van der Waals surface area contributed by atoms with Gasteiger partial charge in [-0.25, -0.2) is 18.4 Å². The number of halogens is 2. The van der Waals surface area contributed by atoms with Crippen LogP contribution in [0.15, 0.2) is 78.6 Å². The normalized spacial score (nSPS) is 18.5. The molecule has 1 saturated carbocycles. The van der Waals surface area contributed by atoms with Gasteiger partial charge in [-0.05, 0) is 91.4 Å². The van der Waals surface area contributed by atoms with Gasteiger partial charge in [-0.3, -0.25) is 14.7 Å². The van der Waals surface area contributed by atoms with Crippen LogP contribution >= 0.6 is 11.3 Å². The Balaban J connectivity index is 0.875. The van der Waals surface area contributed by atoms with Crippen LogP contribution in [0.2, 0.25) is 0 Å². The van der Waals surface area contributed by atoms with E-state index in [1.54, 1.807) is 24.8 Å². The summed E-state index contributed by atoms with van der Waals surface area (Å²) in [7, 11) is 3.42. The van der Waals surface area contributed by atoms with Gasteiger partial charge in [0, 0.05) is 67.2 Å². The van der Waals surface area contributed by atoms with Gasteiger partial charge in [0.1, 0.15) is 60.9 Å². The van der Waals surface area contributed by atoms with Crippen molar-refractivity contribution in [3.05, 3.63) is 112 Å². The maximum atomic E-state index is 16.1. The number of hydrogen-bond donors (Lipinski definition) is 5. The highest BCUT2D eigenvalue weighted by molar-refractivity contribution is 7.13. The molecule has 2 amide bonds. The molecule has 0 radical (unpaired) electrons. The molecule has 22 heteroatoms. The molecule has 3 fully saturated rings. The second kappa shape index (κ2) is 23.5. The Hall–Kier alpha value is -7.50. The van der Waals surface area contributed by atoms with Gasteiger partial charge in [0.2, 0.25) is 11.8 Å². The summed E-state index contributed by atoms with van der Waals surface area (Å²) >= 11 is 1.53. The van der Waals surface area contributed by atoms with Gasteiger partial charge in [0.25, 0.3) is 0 Å². The van der Waals surface area contributed by atoms with E-state index in [1.165, 1.54) is 34.1 Å². The first-order valence-corrected chi connectivity index (χ1v) is 28.3. The highest BCUT2D eigenvalue weighted by Crippen LogP contribution is 2.53. The number of aromatic amines is 1. The van der Waals surface area contributed by atoms with Crippen molar-refractivity contribution < 1.29 is 42.8 Å². The number of aryl methyl sites for hydroxylation is 1. The average Bonchev–Trinajstić information content (AvgIpc) is 4.07. The second-order valence-corrected chi connectivity index (χ2v) is 22.6. The predicted octanol–water partition coefficient (Wildman–Crippen LogP) is 7.94. The molecule has 0 unspecified atom stereocenters. The minimum Gasteiger partial charge on any atom is -0.486 e. The molecule has 5 N–H and O–H groups in total. The third kappa shape index (κ3) is 11.2. The van der Waals surface area contributed by atoms with Crippen molar-refractivity contribution in [2.45, 2.75) is 102 Å². The first-order valence-electron chi connectivity index (χ1n) is 27.4. The first kappa shape index (κ1) is 55.4. The zero-order valence-corrected chi connectivity index (χ0v) is 46.8. The number of amides is 2. The van der Waals surface area contributed by atoms with Crippen LogP contribution in [-0.2, 0) is 20.9 Å². The Morgan fingerprint density at radius 2 is 1.78 bits per heavy atom. The summed E-state index contributed by atoms with van der Waals surface area (Å²) in [6.45, 7) is 7.80. The number of rotatable bonds is 21. The monoisotopic (exact) mass is 1120 g/mol. The number of aliphatic hydroxyl groups is 2. The number of ether oxygens (including phenoxy) is 3. The number of anilines is 1. The molecule has 81 heavy (non-hydrogen) atoms. The van der Waals surface area contributed by atoms with Gasteiger partial charge < -0.3 is 44.9 Å². The number of aromatic nitrogens is 8. The molecule has 424 valence electrons. The van der Waals surface area contributed by atoms with Crippen LogP contribution in [0.1, 0.15) is 85.5 Å². The summed E-state index contributed by atoms with van der Waals surface area (Å²) in [5.41, 5.74) is 10.1. The number of β-amino-alcohol motifs (C(OH)–C–C–N with tert-alkyl or cyclic N) is 1. The Labute approximate surface area is 471 Å². The van der Waals surface area contributed by atoms with E-state index in [0.717, 1.165) is 70.4 Å². The van der Waals surface area contributed by atoms with Crippen LogP contribution in [0.4, 0.5) is 14.6 Å². The van der Waals surface area contributed by atoms with Crippen molar-refractivity contribution in [2.24, 2.45) is 5.92 Å². The Morgan fingerprint density at radius 3 is 2.46 bits per heavy atom. The lowest BCUT2D eigenvalue weighted by atomic mass is 9.88. The zero-order chi connectivity index (χ0) is 56.6. The summed E-state index contributed by atoms with van der Waals surface area (Å²) < 4.78 is 50.0. The van der Waals surface area contributed by atoms with Crippen LogP contribution in [0.25, 0.3) is 54.6 Å². The number of likely N-dealkylation sites (tertiary alicyclic amines) is 1. The summed E-state index contributed by atoms with van der Waals surface area (Å²) in [6.07, 6.45) is 4.39. The lowest BCUT2D eigenvalue weighted by molar-refractivity contribution is -0.142. The SMILES string of the molecule is CO[C@@H](CF)COc1nc(N(C)[C@H]2CCNC2)c2cc(C3CC3)c(-c3c(C)c(F)cc4[nH]ncc34)c(OCc3ccc(-c4cn([C@H](C(=O)N5C[C@H](O)C[C@H]5C(=O)N[C@@H](CO)c5ccc(-c6scnc6C)cc5)C(C)C)nn4)cc3)c2n1. The number of fused-ring (bicyclic) bond motifs is 2. The van der Waals surface area contributed by atoms with Crippen molar-refractivity contribution in [3.63, 3.8) is 0 Å². The molecule has 6 atom stereocenters. The van der Waals surface area contributed by atoms with E-state index in [2.05, 4.69) is 47.1 Å². The van der Waals surface area contributed by atoms with E-state index in [-0.39, 0.29) is 56.7 Å². The standard InChI is InChI=1S/C59H66F2N12O7S/c1-31(2)53(58(77)72-25-40(75)19-49(72)57(76)65-48(27-74)37-13-15-38(16-14-37)55-33(4)63-30-81-55)73-26-47(69-70-73)36-9-7-34(8-10-36)28-79-54-51(50-32(3)45(61)21-46-44(50)24-64-68-46)42(35-11-12-35)20-43-52(54)66-59(80-29-41(22-60)78-6)67-56(43)71(5)39-17-18-62-23-39/h7-10,13-16,20-21,24,26,30-31,35,39-41,48-49,53,62,74-75H,11-12,17-19,22-23,25,27-29H2,1-6H3,(H,64,68)(H,65,76)/t39-,40+,41-,48-,49-,53-/m0/s1. The smallest absolute Gasteiger partial charge is 0.319 e. The topological polar surface area (TPSA) is 231 Å². The molecule has 3 aliphatic rings. The van der Waals surface area contributed by atoms with E-state index < -0.39 is 54.6 Å². The van der Waals surface area contributed by atoms with Gasteiger partial charge in [-0.15, -0.1) is 16.4 Å². The van der Waals surface area contributed by atoms with Gasteiger partial charge in [0.15, 0.2) is 5.75 Å². The van der Waals surface area contributed by atoms with Crippen LogP contribution in [0.3, 0.4) is 0 Å². The molecule has 11 rings (SSSR count). The number of benzene rings is 4. The van der Waals surface area contributed by atoms with Crippen LogP contribution in [0, 0.1) is 25.6 Å². The molecule has 19 nitrogen and oxygen atoms in total. The number of aliphatic hydroxyl groups excluding tert-OH is 2. The van der Waals surface area contributed by atoms with Gasteiger partial charge in [-0.2, -0.15) is 15.1 Å². The molecule has 4 aromatic carbocycles. The van der Waals surface area contributed by atoms with Crippen molar-refractivity contribution in [1.82, 2.24) is 55.7 Å². The molecule has 6 heterocycles. The van der Waals surface area contributed by atoms with E-state index >= 15 is 4.39 Å². The highest BCUT2D eigenvalue weighted by Gasteiger charge is 2.43. The minimum absolute atomic E-state index is 0.0137. The number of nitrogens with zero attached hydrogens (tertiary/aromatic N) is 9. The van der Waals surface area contributed by atoms with E-state index in [0.29, 0.717) is 56.1 Å². The highest BCUT2D eigenvalue weighted by atomic mass is 32.1. The summed E-state index contributed by atoms with van der Waals surface area (Å²) in [5, 5.41) is 45.4. The van der Waals surface area contributed by atoms with Crippen LogP contribution in [-0.4, -0.2) is 145 Å². The largest absolute Gasteiger partial charge is 0.486 e. The molecule has 0 bridgehead atoms. The minimum atomic E-state index is -0.994. The molecule has 0 spiro atoms. The van der Waals surface area contributed by atoms with Crippen molar-refractivity contribution in [3.8, 4) is 44.6 Å². The fourth-order valence-corrected chi connectivity index (χ4v) is 12.1. The van der Waals surface area contributed by atoms with Gasteiger partial charge in [-0.1, -0.05) is 67.6 Å². The third-order valence-electron chi connectivity index (χ3n) is 16.0. The number of alkyl halides is 1. The molecule has 4 aromatic heterocycles. The number of H-pyrrole nitrogens is 1. The number of carbonyl (C=O) groups is 2. The molecular weight excluding hydrogens is 1060 g/mol. The van der Waals surface area contributed by atoms with E-state index in [4.69, 9.17) is 24.2 Å². The number of nitrogens with one attached hydrogen (secondary N) is 3. The van der Waals surface area contributed by atoms with Crippen LogP contribution in [0.5, 0.6) is 11.8 Å². The number of carbonyl (C=O) groups excluding carboxylic acids is 2. The Bertz CT molecular complexity index is 3560. The van der Waals surface area contributed by atoms with Crippen molar-refractivity contribution >= 4 is 50.8 Å². The second-order valence-electron chi connectivity index (χ2n) is 21.7. The maximum Gasteiger partial charge on any atom is 0.319 e. The molecule has 1 aliphatic carbocycles. The first-order chi connectivity index (χ1) is 39.2. The van der Waals surface area contributed by atoms with E-state index in [1.807, 2.05) is 76.3 Å². The fraction of sp³-hybridized carbons (Fsp3) is 0.424. The molecule has 2 aliphatic heterocycles. The summed E-state index contributed by atoms with van der Waals surface area (Å²) in [6, 6.07) is 16.2. The van der Waals surface area contributed by atoms with Gasteiger partial charge >= 0.3 is 6.01 Å². The summed E-state index contributed by atoms with van der Waals surface area (Å²) in [5.74, 6) is -0.388. The quantitative estimate of drug-likeness (QED) is 0.0460. The number of likely N-dealkylation sites (N-methyl/N-ethyl adjacent to an activating group) is 1. The zero-order valence-electron chi connectivity index (χ0n) is 46.0. The third-order valence-corrected chi connectivity index (χ3v) is 16.9. The lowest BCUT2D eigenvalue weighted by Gasteiger charge is -2.30. The molecular formula is C59H66F2N12O7S. The van der Waals surface area contributed by atoms with Crippen molar-refractivity contribution in [2.75, 3.05) is 58.6 Å². The maximum absolute atomic E-state index is 16.1. The van der Waals surface area contributed by atoms with Crippen LogP contribution < -0.4 is 25.0 Å². The van der Waals surface area contributed by atoms with Crippen molar-refractivity contribution in [1.29, 1.82) is 0 Å². The Kier molecular flexibility index (Phi) is 16.1. The molecule has 2 saturated heterocycles. The lowest BCUT2D eigenvalue weighted by Crippen LogP contribution is -2.50. The van der Waals surface area contributed by atoms with Gasteiger partial charge in [0.05, 0.1) is 52.7 Å². The molecule has 8 aromatic rings. The summed E-state index contributed by atoms with van der Waals surface area (Å²) in [4.78, 5) is 47.5.